The summed E-state index contributed by atoms with van der Waals surface area (Å²) >= 11 is 0.897. The minimum atomic E-state index is -1.48. The van der Waals surface area contributed by atoms with Gasteiger partial charge >= 0.3 is 6.01 Å². The zero-order chi connectivity index (χ0) is 33.2. The zero-order valence-corrected chi connectivity index (χ0v) is 26.2. The lowest BCUT2D eigenvalue weighted by Crippen LogP contribution is -2.43. The Balaban J connectivity index is 1.38. The van der Waals surface area contributed by atoms with E-state index >= 15 is 8.78 Å². The third-order valence-electron chi connectivity index (χ3n) is 9.56. The largest absolute Gasteiger partial charge is 0.461 e. The average Bonchev–Trinajstić information content (AvgIpc) is 3.81. The topological polar surface area (TPSA) is 124 Å². The van der Waals surface area contributed by atoms with Crippen LogP contribution < -0.4 is 15.4 Å². The first-order valence-corrected chi connectivity index (χ1v) is 15.9. The number of halogens is 4. The van der Waals surface area contributed by atoms with E-state index in [4.69, 9.17) is 10.5 Å². The van der Waals surface area contributed by atoms with Crippen molar-refractivity contribution in [3.8, 4) is 23.2 Å². The normalized spacial score (nSPS) is 24.2. The molecule has 0 aliphatic carbocycles. The van der Waals surface area contributed by atoms with E-state index in [1.165, 1.54) is 21.9 Å². The Hall–Kier alpha value is -4.55. The monoisotopic (exact) mass is 666 g/mol. The number of hydrogen-bond donors (Lipinski definition) is 1. The number of alkyl halides is 2. The molecule has 3 fully saturated rings. The van der Waals surface area contributed by atoms with Crippen LogP contribution in [-0.4, -0.2) is 94.4 Å². The van der Waals surface area contributed by atoms with Gasteiger partial charge in [-0.2, -0.15) is 15.2 Å². The number of carbonyl (C=O) groups is 1. The van der Waals surface area contributed by atoms with Crippen molar-refractivity contribution >= 4 is 49.3 Å². The van der Waals surface area contributed by atoms with E-state index < -0.39 is 41.5 Å². The Morgan fingerprint density at radius 2 is 2.06 bits per heavy atom. The number of nitrogens with zero attached hydrogens (tertiary/aromatic N) is 7. The smallest absolute Gasteiger partial charge is 0.319 e. The molecule has 244 valence electrons. The Kier molecular flexibility index (Phi) is 7.67. The second-order valence-electron chi connectivity index (χ2n) is 12.3. The lowest BCUT2D eigenvalue weighted by Gasteiger charge is -2.31. The van der Waals surface area contributed by atoms with Gasteiger partial charge in [0, 0.05) is 43.1 Å². The van der Waals surface area contributed by atoms with E-state index in [2.05, 4.69) is 26.4 Å². The van der Waals surface area contributed by atoms with Gasteiger partial charge in [-0.05, 0) is 43.7 Å². The molecule has 4 atom stereocenters. The highest BCUT2D eigenvalue weighted by atomic mass is 32.1. The van der Waals surface area contributed by atoms with E-state index in [0.29, 0.717) is 13.0 Å². The molecule has 3 aliphatic heterocycles. The number of hydrogen-bond acceptors (Lipinski definition) is 10. The van der Waals surface area contributed by atoms with Gasteiger partial charge in [0.2, 0.25) is 5.91 Å². The van der Waals surface area contributed by atoms with Gasteiger partial charge in [-0.15, -0.1) is 0 Å². The minimum absolute atomic E-state index is 0.00461. The molecule has 47 heavy (non-hydrogen) atoms. The summed E-state index contributed by atoms with van der Waals surface area (Å²) in [6, 6.07) is 4.80. The highest BCUT2D eigenvalue weighted by Gasteiger charge is 2.49. The molecule has 0 bridgehead atoms. The average molecular weight is 667 g/mol. The minimum Gasteiger partial charge on any atom is -0.461 e. The fourth-order valence-corrected chi connectivity index (χ4v) is 8.06. The Bertz CT molecular complexity index is 1980. The summed E-state index contributed by atoms with van der Waals surface area (Å²) in [7, 11) is 1.56. The molecule has 4 aromatic rings. The number of anilines is 2. The molecule has 10 nitrogen and oxygen atoms in total. The first-order valence-electron chi connectivity index (χ1n) is 15.1. The zero-order valence-electron chi connectivity index (χ0n) is 25.3. The molecule has 3 saturated heterocycles. The van der Waals surface area contributed by atoms with Gasteiger partial charge in [-0.25, -0.2) is 22.5 Å². The van der Waals surface area contributed by atoms with Gasteiger partial charge < -0.3 is 20.3 Å². The molecule has 0 radical (unpaired) electrons. The molecule has 0 saturated carbocycles. The lowest BCUT2D eigenvalue weighted by molar-refractivity contribution is -0.125. The molecule has 5 heterocycles. The van der Waals surface area contributed by atoms with Crippen LogP contribution in [-0.2, 0) is 4.79 Å². The van der Waals surface area contributed by atoms with Crippen LogP contribution in [0.1, 0.15) is 24.8 Å². The van der Waals surface area contributed by atoms with Crippen molar-refractivity contribution < 1.29 is 27.1 Å². The van der Waals surface area contributed by atoms with Crippen LogP contribution in [0.4, 0.5) is 28.5 Å². The number of thiazole rings is 1. The number of ether oxygens (including phenoxy) is 1. The molecular weight excluding hydrogens is 636 g/mol. The highest BCUT2D eigenvalue weighted by molar-refractivity contribution is 7.22. The molecular formula is C32H30F4N8O2S. The van der Waals surface area contributed by atoms with Crippen molar-refractivity contribution in [3.63, 3.8) is 0 Å². The molecule has 2 aromatic heterocycles. The number of fused-ring (bicyclic) bond motifs is 3. The summed E-state index contributed by atoms with van der Waals surface area (Å²) in [6.45, 7) is 4.41. The van der Waals surface area contributed by atoms with E-state index in [-0.39, 0.29) is 80.9 Å². The Morgan fingerprint density at radius 1 is 1.26 bits per heavy atom. The number of benzene rings is 2. The molecule has 0 unspecified atom stereocenters. The second-order valence-corrected chi connectivity index (χ2v) is 13.3. The number of aromatic nitrogens is 3. The standard InChI is InChI=1S/C32H30F4N8O2S/c1-3-23(45)43-13-21(35)22(14-43)42(2)29-19-9-16(11-37)24(18-5-6-20(34)28-27(18)39-30(38)47-28)25(36)26(19)40-31(41-29)46-15-32-7-4-8-44(32)12-17(33)10-32/h3,5-6,9,17,21-22H,1,4,7-8,10,12-15H2,2H3,(H2,38,39)/t17-,21-,22+,32+/m1/s1. The van der Waals surface area contributed by atoms with Gasteiger partial charge in [0.05, 0.1) is 40.0 Å². The molecule has 15 heteroatoms. The van der Waals surface area contributed by atoms with Crippen LogP contribution in [0.5, 0.6) is 6.01 Å². The maximum absolute atomic E-state index is 16.9. The maximum atomic E-state index is 16.9. The predicted molar refractivity (Wildman–Crippen MR) is 170 cm³/mol. The first kappa shape index (κ1) is 31.1. The second kappa shape index (κ2) is 11.6. The SMILES string of the molecule is C=CC(=O)N1C[C@@H](F)[C@@H](N(C)c2nc(OC[C@@]34CCCN3C[C@H](F)C4)nc3c(F)c(-c4ccc(F)c5sc(N)nc45)c(C#N)cc23)C1. The number of nitrogens with two attached hydrogens (primary N) is 1. The predicted octanol–water partition coefficient (Wildman–Crippen LogP) is 4.76. The van der Waals surface area contributed by atoms with Gasteiger partial charge in [-0.3, -0.25) is 9.69 Å². The Morgan fingerprint density at radius 3 is 2.83 bits per heavy atom. The number of nitrogen functional groups attached to an aromatic ring is 1. The van der Waals surface area contributed by atoms with Crippen molar-refractivity contribution in [2.45, 2.75) is 43.2 Å². The van der Waals surface area contributed by atoms with Crippen LogP contribution in [0.3, 0.4) is 0 Å². The quantitative estimate of drug-likeness (QED) is 0.220. The lowest BCUT2D eigenvalue weighted by atomic mass is 9.95. The van der Waals surface area contributed by atoms with Crippen molar-refractivity contribution in [3.05, 3.63) is 48.1 Å². The third-order valence-corrected chi connectivity index (χ3v) is 10.5. The van der Waals surface area contributed by atoms with Crippen LogP contribution in [0.2, 0.25) is 0 Å². The number of likely N-dealkylation sites (tertiary alicyclic amines) is 1. The van der Waals surface area contributed by atoms with Crippen molar-refractivity contribution in [2.24, 2.45) is 0 Å². The van der Waals surface area contributed by atoms with E-state index in [1.54, 1.807) is 7.05 Å². The first-order chi connectivity index (χ1) is 22.5. The van der Waals surface area contributed by atoms with Gasteiger partial charge in [0.25, 0.3) is 0 Å². The van der Waals surface area contributed by atoms with Crippen LogP contribution in [0, 0.1) is 23.0 Å². The van der Waals surface area contributed by atoms with Crippen LogP contribution >= 0.6 is 11.3 Å². The fourth-order valence-electron chi connectivity index (χ4n) is 7.30. The summed E-state index contributed by atoms with van der Waals surface area (Å²) in [4.78, 5) is 30.4. The number of nitriles is 1. The van der Waals surface area contributed by atoms with Gasteiger partial charge in [0.15, 0.2) is 10.9 Å². The molecule has 2 aromatic carbocycles. The molecule has 3 aliphatic rings. The summed E-state index contributed by atoms with van der Waals surface area (Å²) in [6.07, 6.45) is 0.508. The number of rotatable bonds is 7. The molecule has 7 rings (SSSR count). The summed E-state index contributed by atoms with van der Waals surface area (Å²) < 4.78 is 67.7. The molecule has 0 spiro atoms. The fraction of sp³-hybridized carbons (Fsp3) is 0.406. The highest BCUT2D eigenvalue weighted by Crippen LogP contribution is 2.43. The third kappa shape index (κ3) is 5.10. The van der Waals surface area contributed by atoms with E-state index in [1.807, 2.05) is 6.07 Å². The molecule has 1 amide bonds. The van der Waals surface area contributed by atoms with Crippen molar-refractivity contribution in [2.75, 3.05) is 50.5 Å². The number of carbonyl (C=O) groups excluding carboxylic acids is 1. The van der Waals surface area contributed by atoms with E-state index in [9.17, 15) is 18.8 Å². The number of likely N-dealkylation sites (N-methyl/N-ethyl adjacent to an activating group) is 1. The maximum Gasteiger partial charge on any atom is 0.319 e. The van der Waals surface area contributed by atoms with Crippen LogP contribution in [0.15, 0.2) is 30.9 Å². The summed E-state index contributed by atoms with van der Waals surface area (Å²) in [5, 5.41) is 10.4. The van der Waals surface area contributed by atoms with Gasteiger partial charge in [-0.1, -0.05) is 17.9 Å². The van der Waals surface area contributed by atoms with E-state index in [0.717, 1.165) is 36.4 Å². The molecule has 2 N–H and O–H groups in total. The van der Waals surface area contributed by atoms with Crippen molar-refractivity contribution in [1.29, 1.82) is 5.26 Å². The summed E-state index contributed by atoms with van der Waals surface area (Å²) in [5.74, 6) is -1.87. The van der Waals surface area contributed by atoms with Crippen LogP contribution in [0.25, 0.3) is 32.2 Å². The summed E-state index contributed by atoms with van der Waals surface area (Å²) in [5.41, 5.74) is 5.03. The van der Waals surface area contributed by atoms with Gasteiger partial charge in [0.1, 0.15) is 36.1 Å². The Labute approximate surface area is 271 Å². The number of amides is 1. The van der Waals surface area contributed by atoms with Crippen molar-refractivity contribution in [1.82, 2.24) is 24.8 Å².